The Morgan fingerprint density at radius 1 is 1.69 bits per heavy atom. The van der Waals surface area contributed by atoms with Gasteiger partial charge in [0.25, 0.3) is 5.91 Å². The lowest BCUT2D eigenvalue weighted by atomic mass is 10.2. The van der Waals surface area contributed by atoms with Crippen LogP contribution in [0.5, 0.6) is 5.88 Å². The van der Waals surface area contributed by atoms with Crippen molar-refractivity contribution in [3.05, 3.63) is 23.9 Å². The van der Waals surface area contributed by atoms with Gasteiger partial charge < -0.3 is 15.4 Å². The van der Waals surface area contributed by atoms with Crippen LogP contribution < -0.4 is 10.5 Å². The smallest absolute Gasteiger partial charge is 0.259 e. The van der Waals surface area contributed by atoms with Crippen LogP contribution in [0.1, 0.15) is 16.8 Å². The Kier molecular flexibility index (Phi) is 3.05. The number of nitrogens with two attached hydrogens (primary N) is 1. The van der Waals surface area contributed by atoms with E-state index < -0.39 is 0 Å². The van der Waals surface area contributed by atoms with E-state index in [9.17, 15) is 4.79 Å². The van der Waals surface area contributed by atoms with Crippen LogP contribution in [0.15, 0.2) is 18.3 Å². The minimum absolute atomic E-state index is 0.0531. The third-order valence-corrected chi connectivity index (χ3v) is 2.59. The molecular formula is C11H15N3O2. The van der Waals surface area contributed by atoms with E-state index in [1.165, 1.54) is 0 Å². The van der Waals surface area contributed by atoms with Crippen LogP contribution in [0, 0.1) is 0 Å². The maximum atomic E-state index is 12.0. The molecule has 0 aromatic carbocycles. The van der Waals surface area contributed by atoms with Gasteiger partial charge >= 0.3 is 0 Å². The Balaban J connectivity index is 2.32. The Bertz CT molecular complexity index is 395. The van der Waals surface area contributed by atoms with Crippen LogP contribution in [-0.4, -0.2) is 42.0 Å². The fraction of sp³-hybridized carbons (Fsp3) is 0.455. The highest BCUT2D eigenvalue weighted by Crippen LogP contribution is 2.22. The molecule has 0 radical (unpaired) electrons. The summed E-state index contributed by atoms with van der Waals surface area (Å²) in [6, 6.07) is 3.46. The summed E-state index contributed by atoms with van der Waals surface area (Å²) in [6.07, 6.45) is 2.26. The summed E-state index contributed by atoms with van der Waals surface area (Å²) < 4.78 is 5.68. The number of hydrogen-bond acceptors (Lipinski definition) is 4. The zero-order valence-corrected chi connectivity index (χ0v) is 9.22. The number of carbonyl (C=O) groups is 1. The molecule has 2 heterocycles. The van der Waals surface area contributed by atoms with E-state index in [0.29, 0.717) is 31.0 Å². The highest BCUT2D eigenvalue weighted by molar-refractivity contribution is 5.96. The summed E-state index contributed by atoms with van der Waals surface area (Å²) in [7, 11) is 1.76. The molecule has 1 aliphatic rings. The van der Waals surface area contributed by atoms with Gasteiger partial charge in [0, 0.05) is 13.2 Å². The van der Waals surface area contributed by atoms with Crippen LogP contribution >= 0.6 is 0 Å². The molecule has 1 unspecified atom stereocenters. The van der Waals surface area contributed by atoms with Gasteiger partial charge in [0.15, 0.2) is 0 Å². The van der Waals surface area contributed by atoms with Crippen LogP contribution in [0.3, 0.4) is 0 Å². The van der Waals surface area contributed by atoms with E-state index in [1.807, 2.05) is 0 Å². The molecule has 86 valence electrons. The quantitative estimate of drug-likeness (QED) is 0.778. The van der Waals surface area contributed by atoms with Gasteiger partial charge in [0.1, 0.15) is 11.7 Å². The molecule has 1 amide bonds. The minimum atomic E-state index is -0.0740. The van der Waals surface area contributed by atoms with Gasteiger partial charge in [-0.1, -0.05) is 0 Å². The number of carbonyl (C=O) groups excluding carboxylic acids is 1. The van der Waals surface area contributed by atoms with E-state index in [1.54, 1.807) is 30.3 Å². The van der Waals surface area contributed by atoms with Gasteiger partial charge in [-0.2, -0.15) is 0 Å². The average molecular weight is 221 g/mol. The standard InChI is InChI=1S/C11H15N3O2/c1-14-7-8(4-5-12)16-10-9(11(14)15)3-2-6-13-10/h2-3,6,8H,4-5,7,12H2,1H3. The molecule has 1 aromatic rings. The van der Waals surface area contributed by atoms with Crippen molar-refractivity contribution in [2.75, 3.05) is 20.1 Å². The predicted octanol–water partition coefficient (Wildman–Crippen LogP) is 0.263. The van der Waals surface area contributed by atoms with Crippen LogP contribution in [0.4, 0.5) is 0 Å². The highest BCUT2D eigenvalue weighted by Gasteiger charge is 2.26. The van der Waals surface area contributed by atoms with Gasteiger partial charge in [-0.15, -0.1) is 0 Å². The Morgan fingerprint density at radius 2 is 2.50 bits per heavy atom. The molecule has 5 heteroatoms. The molecule has 0 saturated carbocycles. The SMILES string of the molecule is CN1CC(CCN)Oc2ncccc2C1=O. The Morgan fingerprint density at radius 3 is 3.25 bits per heavy atom. The van der Waals surface area contributed by atoms with Crippen molar-refractivity contribution < 1.29 is 9.53 Å². The number of fused-ring (bicyclic) bond motifs is 1. The van der Waals surface area contributed by atoms with E-state index >= 15 is 0 Å². The number of aromatic nitrogens is 1. The molecule has 0 saturated heterocycles. The summed E-state index contributed by atoms with van der Waals surface area (Å²) in [6.45, 7) is 1.08. The van der Waals surface area contributed by atoms with Crippen LogP contribution in [0.2, 0.25) is 0 Å². The Labute approximate surface area is 94.2 Å². The molecule has 0 fully saturated rings. The first kappa shape index (κ1) is 10.9. The van der Waals surface area contributed by atoms with Gasteiger partial charge in [0.05, 0.1) is 6.54 Å². The fourth-order valence-corrected chi connectivity index (χ4v) is 1.77. The van der Waals surface area contributed by atoms with E-state index in [-0.39, 0.29) is 12.0 Å². The van der Waals surface area contributed by atoms with Gasteiger partial charge in [-0.3, -0.25) is 4.79 Å². The third-order valence-electron chi connectivity index (χ3n) is 2.59. The number of rotatable bonds is 2. The van der Waals surface area contributed by atoms with Gasteiger partial charge in [0.2, 0.25) is 5.88 Å². The molecule has 1 aliphatic heterocycles. The molecule has 2 rings (SSSR count). The summed E-state index contributed by atoms with van der Waals surface area (Å²) in [5.74, 6) is 0.359. The molecular weight excluding hydrogens is 206 g/mol. The lowest BCUT2D eigenvalue weighted by Gasteiger charge is -2.19. The molecule has 16 heavy (non-hydrogen) atoms. The molecule has 1 atom stereocenters. The molecule has 2 N–H and O–H groups in total. The molecule has 0 bridgehead atoms. The van der Waals surface area contributed by atoms with Crippen molar-refractivity contribution >= 4 is 5.91 Å². The van der Waals surface area contributed by atoms with E-state index in [4.69, 9.17) is 10.5 Å². The second kappa shape index (κ2) is 4.49. The van der Waals surface area contributed by atoms with Crippen molar-refractivity contribution in [2.45, 2.75) is 12.5 Å². The maximum Gasteiger partial charge on any atom is 0.259 e. The van der Waals surface area contributed by atoms with E-state index in [2.05, 4.69) is 4.98 Å². The number of amides is 1. The Hall–Kier alpha value is -1.62. The van der Waals surface area contributed by atoms with Crippen LogP contribution in [0.25, 0.3) is 0 Å². The first-order valence-corrected chi connectivity index (χ1v) is 5.29. The zero-order valence-electron chi connectivity index (χ0n) is 9.22. The number of pyridine rings is 1. The summed E-state index contributed by atoms with van der Waals surface area (Å²) in [4.78, 5) is 17.7. The monoisotopic (exact) mass is 221 g/mol. The first-order valence-electron chi connectivity index (χ1n) is 5.29. The lowest BCUT2D eigenvalue weighted by molar-refractivity contribution is 0.0756. The van der Waals surface area contributed by atoms with Crippen LogP contribution in [-0.2, 0) is 0 Å². The van der Waals surface area contributed by atoms with E-state index in [0.717, 1.165) is 0 Å². The normalized spacial score (nSPS) is 20.0. The van der Waals surface area contributed by atoms with Gasteiger partial charge in [-0.05, 0) is 25.1 Å². The summed E-state index contributed by atoms with van der Waals surface area (Å²) >= 11 is 0. The molecule has 5 nitrogen and oxygen atoms in total. The number of hydrogen-bond donors (Lipinski definition) is 1. The number of likely N-dealkylation sites (N-methyl/N-ethyl adjacent to an activating group) is 1. The predicted molar refractivity (Wildman–Crippen MR) is 59.3 cm³/mol. The summed E-state index contributed by atoms with van der Waals surface area (Å²) in [5, 5.41) is 0. The molecule has 0 aliphatic carbocycles. The zero-order chi connectivity index (χ0) is 11.5. The molecule has 0 spiro atoms. The largest absolute Gasteiger partial charge is 0.472 e. The maximum absolute atomic E-state index is 12.0. The molecule has 1 aromatic heterocycles. The third kappa shape index (κ3) is 1.99. The lowest BCUT2D eigenvalue weighted by Crippen LogP contribution is -2.35. The second-order valence-corrected chi connectivity index (χ2v) is 3.86. The fourth-order valence-electron chi connectivity index (χ4n) is 1.77. The van der Waals surface area contributed by atoms with Crippen molar-refractivity contribution in [1.29, 1.82) is 0 Å². The highest BCUT2D eigenvalue weighted by atomic mass is 16.5. The minimum Gasteiger partial charge on any atom is -0.472 e. The van der Waals surface area contributed by atoms with Gasteiger partial charge in [-0.25, -0.2) is 4.98 Å². The van der Waals surface area contributed by atoms with Crippen molar-refractivity contribution in [3.63, 3.8) is 0 Å². The van der Waals surface area contributed by atoms with Crippen molar-refractivity contribution in [3.8, 4) is 5.88 Å². The first-order chi connectivity index (χ1) is 7.72. The second-order valence-electron chi connectivity index (χ2n) is 3.86. The summed E-state index contributed by atoms with van der Waals surface area (Å²) in [5.41, 5.74) is 6.02. The number of ether oxygens (including phenoxy) is 1. The van der Waals surface area contributed by atoms with Crippen molar-refractivity contribution in [2.24, 2.45) is 5.73 Å². The topological polar surface area (TPSA) is 68.4 Å². The number of nitrogens with zero attached hydrogens (tertiary/aromatic N) is 2. The average Bonchev–Trinajstić information content (AvgIpc) is 2.39. The van der Waals surface area contributed by atoms with Crippen molar-refractivity contribution in [1.82, 2.24) is 9.88 Å².